The second-order valence-corrected chi connectivity index (χ2v) is 3.19. The van der Waals surface area contributed by atoms with E-state index in [1.54, 1.807) is 7.11 Å². The van der Waals surface area contributed by atoms with Crippen molar-refractivity contribution < 1.29 is 4.74 Å². The summed E-state index contributed by atoms with van der Waals surface area (Å²) in [5.74, 6) is 0. The molecule has 1 aliphatic heterocycles. The highest BCUT2D eigenvalue weighted by Crippen LogP contribution is 1.99. The highest BCUT2D eigenvalue weighted by molar-refractivity contribution is 4.75. The number of piperazine rings is 1. The number of likely N-dealkylation sites (N-methyl/N-ethyl adjacent to an activating group) is 1. The molecule has 1 heterocycles. The lowest BCUT2D eigenvalue weighted by atomic mass is 10.1. The highest BCUT2D eigenvalue weighted by atomic mass is 16.5. The van der Waals surface area contributed by atoms with Gasteiger partial charge < -0.3 is 15.0 Å². The Morgan fingerprint density at radius 3 is 3.09 bits per heavy atom. The predicted molar refractivity (Wildman–Crippen MR) is 45.8 cm³/mol. The first-order valence-electron chi connectivity index (χ1n) is 4.24. The Bertz CT molecular complexity index is 108. The molecule has 0 amide bonds. The quantitative estimate of drug-likeness (QED) is 0.622. The molecule has 0 aromatic rings. The summed E-state index contributed by atoms with van der Waals surface area (Å²) in [4.78, 5) is 2.36. The van der Waals surface area contributed by atoms with Gasteiger partial charge in [0.1, 0.15) is 0 Å². The number of hydrogen-bond acceptors (Lipinski definition) is 3. The average molecular weight is 158 g/mol. The fourth-order valence-electron chi connectivity index (χ4n) is 1.45. The number of rotatable bonds is 3. The van der Waals surface area contributed by atoms with Crippen molar-refractivity contribution in [1.29, 1.82) is 0 Å². The van der Waals surface area contributed by atoms with Gasteiger partial charge in [0.15, 0.2) is 0 Å². The minimum absolute atomic E-state index is 0.633. The van der Waals surface area contributed by atoms with Crippen LogP contribution in [0.4, 0.5) is 0 Å². The fraction of sp³-hybridized carbons (Fsp3) is 1.00. The van der Waals surface area contributed by atoms with Crippen LogP contribution in [-0.2, 0) is 4.74 Å². The molecule has 3 heteroatoms. The van der Waals surface area contributed by atoms with Crippen LogP contribution in [0.1, 0.15) is 6.42 Å². The molecule has 0 unspecified atom stereocenters. The van der Waals surface area contributed by atoms with Crippen LogP contribution in [-0.4, -0.2) is 51.3 Å². The van der Waals surface area contributed by atoms with Crippen molar-refractivity contribution in [3.8, 4) is 0 Å². The molecular weight excluding hydrogens is 140 g/mol. The maximum atomic E-state index is 5.02. The van der Waals surface area contributed by atoms with Crippen LogP contribution in [0.15, 0.2) is 0 Å². The van der Waals surface area contributed by atoms with Gasteiger partial charge in [-0.2, -0.15) is 0 Å². The third-order valence-corrected chi connectivity index (χ3v) is 2.13. The van der Waals surface area contributed by atoms with Gasteiger partial charge in [0.25, 0.3) is 0 Å². The summed E-state index contributed by atoms with van der Waals surface area (Å²) in [5.41, 5.74) is 0. The van der Waals surface area contributed by atoms with Gasteiger partial charge in [-0.05, 0) is 13.5 Å². The van der Waals surface area contributed by atoms with Crippen LogP contribution < -0.4 is 5.32 Å². The molecule has 1 atom stereocenters. The maximum Gasteiger partial charge on any atom is 0.0477 e. The molecule has 1 saturated heterocycles. The van der Waals surface area contributed by atoms with E-state index in [-0.39, 0.29) is 0 Å². The second kappa shape index (κ2) is 4.70. The molecule has 3 nitrogen and oxygen atoms in total. The van der Waals surface area contributed by atoms with Gasteiger partial charge in [0, 0.05) is 39.4 Å². The van der Waals surface area contributed by atoms with E-state index >= 15 is 0 Å². The lowest BCUT2D eigenvalue weighted by Gasteiger charge is -2.30. The zero-order chi connectivity index (χ0) is 8.10. The van der Waals surface area contributed by atoms with Crippen molar-refractivity contribution in [2.24, 2.45) is 0 Å². The molecule has 0 radical (unpaired) electrons. The van der Waals surface area contributed by atoms with E-state index in [9.17, 15) is 0 Å². The Hall–Kier alpha value is -0.120. The van der Waals surface area contributed by atoms with Gasteiger partial charge >= 0.3 is 0 Å². The third kappa shape index (κ3) is 3.18. The van der Waals surface area contributed by atoms with Crippen LogP contribution in [0.2, 0.25) is 0 Å². The van der Waals surface area contributed by atoms with Crippen LogP contribution in [0.25, 0.3) is 0 Å². The maximum absolute atomic E-state index is 5.02. The van der Waals surface area contributed by atoms with E-state index < -0.39 is 0 Å². The zero-order valence-electron chi connectivity index (χ0n) is 7.47. The molecule has 0 aromatic heterocycles. The number of nitrogens with one attached hydrogen (secondary N) is 1. The smallest absolute Gasteiger partial charge is 0.0477 e. The van der Waals surface area contributed by atoms with Gasteiger partial charge in [-0.25, -0.2) is 0 Å². The molecule has 66 valence electrons. The van der Waals surface area contributed by atoms with Gasteiger partial charge in [-0.15, -0.1) is 0 Å². The van der Waals surface area contributed by atoms with Gasteiger partial charge in [-0.3, -0.25) is 0 Å². The van der Waals surface area contributed by atoms with Crippen molar-refractivity contribution in [1.82, 2.24) is 10.2 Å². The molecule has 1 aliphatic rings. The summed E-state index contributed by atoms with van der Waals surface area (Å²) in [5, 5.41) is 3.46. The van der Waals surface area contributed by atoms with Crippen molar-refractivity contribution in [3.05, 3.63) is 0 Å². The second-order valence-electron chi connectivity index (χ2n) is 3.19. The zero-order valence-corrected chi connectivity index (χ0v) is 7.47. The van der Waals surface area contributed by atoms with E-state index in [0.29, 0.717) is 6.04 Å². The Balaban J connectivity index is 2.12. The van der Waals surface area contributed by atoms with E-state index in [1.165, 1.54) is 6.54 Å². The van der Waals surface area contributed by atoms with Crippen LogP contribution in [0.3, 0.4) is 0 Å². The van der Waals surface area contributed by atoms with Crippen molar-refractivity contribution in [2.75, 3.05) is 40.4 Å². The molecule has 1 fully saturated rings. The lowest BCUT2D eigenvalue weighted by Crippen LogP contribution is -2.49. The Labute approximate surface area is 68.7 Å². The minimum atomic E-state index is 0.633. The number of hydrogen-bond donors (Lipinski definition) is 1. The van der Waals surface area contributed by atoms with Gasteiger partial charge in [0.05, 0.1) is 0 Å². The van der Waals surface area contributed by atoms with Crippen molar-refractivity contribution >= 4 is 0 Å². The lowest BCUT2D eigenvalue weighted by molar-refractivity contribution is 0.158. The molecule has 0 bridgehead atoms. The van der Waals surface area contributed by atoms with Crippen LogP contribution in [0.5, 0.6) is 0 Å². The highest BCUT2D eigenvalue weighted by Gasteiger charge is 2.14. The fourth-order valence-corrected chi connectivity index (χ4v) is 1.45. The van der Waals surface area contributed by atoms with Gasteiger partial charge in [0.2, 0.25) is 0 Å². The molecule has 0 aromatic carbocycles. The van der Waals surface area contributed by atoms with Gasteiger partial charge in [-0.1, -0.05) is 0 Å². The Morgan fingerprint density at radius 1 is 1.64 bits per heavy atom. The molecular formula is C8H18N2O. The van der Waals surface area contributed by atoms with Crippen LogP contribution >= 0.6 is 0 Å². The summed E-state index contributed by atoms with van der Waals surface area (Å²) in [7, 11) is 3.92. The van der Waals surface area contributed by atoms with Crippen molar-refractivity contribution in [3.63, 3.8) is 0 Å². The SMILES string of the molecule is COCC[C@@H]1CN(C)CCN1. The van der Waals surface area contributed by atoms with E-state index in [4.69, 9.17) is 4.74 Å². The molecule has 0 aliphatic carbocycles. The molecule has 0 saturated carbocycles. The Kier molecular flexibility index (Phi) is 3.83. The summed E-state index contributed by atoms with van der Waals surface area (Å²) < 4.78 is 5.02. The summed E-state index contributed by atoms with van der Waals surface area (Å²) in [6.07, 6.45) is 1.13. The molecule has 11 heavy (non-hydrogen) atoms. The number of ether oxygens (including phenoxy) is 1. The average Bonchev–Trinajstić information content (AvgIpc) is 2.01. The monoisotopic (exact) mass is 158 g/mol. The Morgan fingerprint density at radius 2 is 2.45 bits per heavy atom. The molecule has 1 rings (SSSR count). The van der Waals surface area contributed by atoms with Crippen molar-refractivity contribution in [2.45, 2.75) is 12.5 Å². The summed E-state index contributed by atoms with van der Waals surface area (Å²) in [6, 6.07) is 0.633. The molecule has 0 spiro atoms. The number of methoxy groups -OCH3 is 1. The van der Waals surface area contributed by atoms with E-state index in [0.717, 1.165) is 26.1 Å². The van der Waals surface area contributed by atoms with Crippen LogP contribution in [0, 0.1) is 0 Å². The first-order valence-corrected chi connectivity index (χ1v) is 4.24. The topological polar surface area (TPSA) is 24.5 Å². The summed E-state index contributed by atoms with van der Waals surface area (Å²) >= 11 is 0. The van der Waals surface area contributed by atoms with E-state index in [1.807, 2.05) is 0 Å². The molecule has 1 N–H and O–H groups in total. The van der Waals surface area contributed by atoms with E-state index in [2.05, 4.69) is 17.3 Å². The standard InChI is InChI=1S/C8H18N2O/c1-10-5-4-9-8(7-10)3-6-11-2/h8-9H,3-7H2,1-2H3/t8-/m1/s1. The largest absolute Gasteiger partial charge is 0.385 e. The minimum Gasteiger partial charge on any atom is -0.385 e. The normalized spacial score (nSPS) is 27.3. The third-order valence-electron chi connectivity index (χ3n) is 2.13. The number of nitrogens with zero attached hydrogens (tertiary/aromatic N) is 1. The summed E-state index contributed by atoms with van der Waals surface area (Å²) in [6.45, 7) is 4.31. The first-order chi connectivity index (χ1) is 5.33. The first kappa shape index (κ1) is 8.97. The predicted octanol–water partition coefficient (Wildman–Crippen LogP) is -0.0735.